The van der Waals surface area contributed by atoms with Gasteiger partial charge in [-0.1, -0.05) is 32.0 Å². The third kappa shape index (κ3) is 5.09. The van der Waals surface area contributed by atoms with Gasteiger partial charge >= 0.3 is 0 Å². The molecule has 1 heterocycles. The molecular weight excluding hydrogens is 396 g/mol. The number of ether oxygens (including phenoxy) is 1. The quantitative estimate of drug-likeness (QED) is 0.632. The van der Waals surface area contributed by atoms with Crippen molar-refractivity contribution in [2.24, 2.45) is 5.92 Å². The predicted octanol–water partition coefficient (Wildman–Crippen LogP) is 2.77. The van der Waals surface area contributed by atoms with Crippen LogP contribution < -0.4 is 15.6 Å². The van der Waals surface area contributed by atoms with Crippen LogP contribution in [0.4, 0.5) is 5.69 Å². The summed E-state index contributed by atoms with van der Waals surface area (Å²) in [4.78, 5) is 39.6. The van der Waals surface area contributed by atoms with E-state index < -0.39 is 5.91 Å². The third-order valence-corrected chi connectivity index (χ3v) is 4.71. The molecule has 31 heavy (non-hydrogen) atoms. The molecule has 2 amide bonds. The summed E-state index contributed by atoms with van der Waals surface area (Å²) in [5.74, 6) is 0.0847. The molecule has 0 saturated carbocycles. The highest BCUT2D eigenvalue weighted by atomic mass is 16.5. The van der Waals surface area contributed by atoms with Crippen LogP contribution in [0, 0.1) is 5.92 Å². The van der Waals surface area contributed by atoms with Crippen LogP contribution in [0.3, 0.4) is 0 Å². The van der Waals surface area contributed by atoms with Gasteiger partial charge in [-0.05, 0) is 36.2 Å². The first-order valence-corrected chi connectivity index (χ1v) is 9.99. The molecule has 1 aromatic heterocycles. The lowest BCUT2D eigenvalue weighted by atomic mass is 10.1. The van der Waals surface area contributed by atoms with Gasteiger partial charge in [0.2, 0.25) is 5.91 Å². The number of fused-ring (bicyclic) bond motifs is 1. The smallest absolute Gasteiger partial charge is 0.275 e. The van der Waals surface area contributed by atoms with Crippen molar-refractivity contribution in [2.75, 3.05) is 26.0 Å². The molecule has 0 radical (unpaired) electrons. The van der Waals surface area contributed by atoms with Crippen molar-refractivity contribution in [3.8, 4) is 5.75 Å². The average molecular weight is 422 g/mol. The number of nitrogens with zero attached hydrogens (tertiary/aromatic N) is 3. The van der Waals surface area contributed by atoms with Crippen LogP contribution in [0.1, 0.15) is 24.3 Å². The largest absolute Gasteiger partial charge is 0.497 e. The summed E-state index contributed by atoms with van der Waals surface area (Å²) in [6, 6.07) is 13.8. The maximum Gasteiger partial charge on any atom is 0.275 e. The summed E-state index contributed by atoms with van der Waals surface area (Å²) in [6.07, 6.45) is 0. The van der Waals surface area contributed by atoms with Gasteiger partial charge in [0, 0.05) is 24.7 Å². The first-order valence-electron chi connectivity index (χ1n) is 9.99. The van der Waals surface area contributed by atoms with Gasteiger partial charge in [0.15, 0.2) is 5.69 Å². The van der Waals surface area contributed by atoms with Crippen LogP contribution in [0.25, 0.3) is 10.8 Å². The van der Waals surface area contributed by atoms with Crippen molar-refractivity contribution >= 4 is 28.3 Å². The Morgan fingerprint density at radius 3 is 2.35 bits per heavy atom. The fraction of sp³-hybridized carbons (Fsp3) is 0.304. The number of benzene rings is 2. The number of methoxy groups -OCH3 is 1. The lowest BCUT2D eigenvalue weighted by molar-refractivity contribution is -0.116. The SMILES string of the molecule is COc1ccc(NC(=O)CN(C)C(=O)c2nn(CC(C)C)c(=O)c3ccccc23)cc1. The number of amides is 2. The number of anilines is 1. The molecule has 3 rings (SSSR count). The van der Waals surface area contributed by atoms with Crippen molar-refractivity contribution in [2.45, 2.75) is 20.4 Å². The van der Waals surface area contributed by atoms with Gasteiger partial charge < -0.3 is 15.0 Å². The number of aromatic nitrogens is 2. The second kappa shape index (κ2) is 9.42. The van der Waals surface area contributed by atoms with Crippen LogP contribution in [-0.4, -0.2) is 47.2 Å². The third-order valence-electron chi connectivity index (χ3n) is 4.71. The van der Waals surface area contributed by atoms with Gasteiger partial charge in [-0.3, -0.25) is 14.4 Å². The molecule has 162 valence electrons. The molecule has 0 saturated heterocycles. The monoisotopic (exact) mass is 422 g/mol. The van der Waals surface area contributed by atoms with Crippen molar-refractivity contribution in [1.29, 1.82) is 0 Å². The van der Waals surface area contributed by atoms with E-state index in [1.165, 1.54) is 16.6 Å². The van der Waals surface area contributed by atoms with E-state index in [0.29, 0.717) is 28.8 Å². The molecule has 8 nitrogen and oxygen atoms in total. The minimum Gasteiger partial charge on any atom is -0.497 e. The highest BCUT2D eigenvalue weighted by molar-refractivity contribution is 6.06. The highest BCUT2D eigenvalue weighted by Crippen LogP contribution is 2.17. The van der Waals surface area contributed by atoms with E-state index in [1.54, 1.807) is 55.6 Å². The molecule has 0 spiro atoms. The normalized spacial score (nSPS) is 10.9. The number of carbonyl (C=O) groups is 2. The fourth-order valence-electron chi connectivity index (χ4n) is 3.21. The Labute approximate surface area is 180 Å². The Kier molecular flexibility index (Phi) is 6.69. The summed E-state index contributed by atoms with van der Waals surface area (Å²) in [5, 5.41) is 7.99. The van der Waals surface area contributed by atoms with Crippen LogP contribution in [0.2, 0.25) is 0 Å². The Balaban J connectivity index is 1.83. The Hall–Kier alpha value is -3.68. The summed E-state index contributed by atoms with van der Waals surface area (Å²) in [5.41, 5.74) is 0.511. The van der Waals surface area contributed by atoms with E-state index >= 15 is 0 Å². The number of likely N-dealkylation sites (N-methyl/N-ethyl adjacent to an activating group) is 1. The van der Waals surface area contributed by atoms with Gasteiger partial charge in [0.25, 0.3) is 11.5 Å². The molecule has 0 aliphatic rings. The molecule has 2 aromatic carbocycles. The lowest BCUT2D eigenvalue weighted by Crippen LogP contribution is -2.37. The van der Waals surface area contributed by atoms with Crippen molar-refractivity contribution in [1.82, 2.24) is 14.7 Å². The standard InChI is InChI=1S/C23H26N4O4/c1-15(2)13-27-22(29)19-8-6-5-7-18(19)21(25-27)23(30)26(3)14-20(28)24-16-9-11-17(31-4)12-10-16/h5-12,15H,13-14H2,1-4H3,(H,24,28). The van der Waals surface area contributed by atoms with Crippen LogP contribution in [0.5, 0.6) is 5.75 Å². The summed E-state index contributed by atoms with van der Waals surface area (Å²) >= 11 is 0. The Morgan fingerprint density at radius 1 is 1.10 bits per heavy atom. The van der Waals surface area contributed by atoms with Gasteiger partial charge in [-0.2, -0.15) is 5.10 Å². The molecule has 0 aliphatic heterocycles. The number of carbonyl (C=O) groups excluding carboxylic acids is 2. The maximum absolute atomic E-state index is 13.1. The molecule has 0 bridgehead atoms. The second-order valence-corrected chi connectivity index (χ2v) is 7.71. The van der Waals surface area contributed by atoms with Crippen molar-refractivity contribution in [3.05, 3.63) is 64.6 Å². The fourth-order valence-corrected chi connectivity index (χ4v) is 3.21. The number of rotatable bonds is 7. The minimum absolute atomic E-state index is 0.149. The molecule has 3 aromatic rings. The van der Waals surface area contributed by atoms with E-state index in [1.807, 2.05) is 13.8 Å². The molecular formula is C23H26N4O4. The summed E-state index contributed by atoms with van der Waals surface area (Å²) in [7, 11) is 3.10. The van der Waals surface area contributed by atoms with Crippen molar-refractivity contribution in [3.63, 3.8) is 0 Å². The zero-order valence-corrected chi connectivity index (χ0v) is 18.1. The zero-order valence-electron chi connectivity index (χ0n) is 18.1. The summed E-state index contributed by atoms with van der Waals surface area (Å²) in [6.45, 7) is 4.18. The first kappa shape index (κ1) is 22.0. The topological polar surface area (TPSA) is 93.5 Å². The Morgan fingerprint density at radius 2 is 1.74 bits per heavy atom. The van der Waals surface area contributed by atoms with Gasteiger partial charge in [-0.15, -0.1) is 0 Å². The molecule has 0 aliphatic carbocycles. The first-order chi connectivity index (χ1) is 14.8. The predicted molar refractivity (Wildman–Crippen MR) is 119 cm³/mol. The number of hydrogen-bond donors (Lipinski definition) is 1. The second-order valence-electron chi connectivity index (χ2n) is 7.71. The molecule has 1 N–H and O–H groups in total. The number of nitrogens with one attached hydrogen (secondary N) is 1. The average Bonchev–Trinajstić information content (AvgIpc) is 2.75. The van der Waals surface area contributed by atoms with E-state index in [0.717, 1.165) is 0 Å². The van der Waals surface area contributed by atoms with Crippen LogP contribution in [-0.2, 0) is 11.3 Å². The summed E-state index contributed by atoms with van der Waals surface area (Å²) < 4.78 is 6.42. The van der Waals surface area contributed by atoms with Crippen molar-refractivity contribution < 1.29 is 14.3 Å². The number of hydrogen-bond acceptors (Lipinski definition) is 5. The van der Waals surface area contributed by atoms with Crippen LogP contribution >= 0.6 is 0 Å². The van der Waals surface area contributed by atoms with E-state index in [2.05, 4.69) is 10.4 Å². The van der Waals surface area contributed by atoms with E-state index in [4.69, 9.17) is 4.74 Å². The zero-order chi connectivity index (χ0) is 22.5. The van der Waals surface area contributed by atoms with E-state index in [9.17, 15) is 14.4 Å². The van der Waals surface area contributed by atoms with Gasteiger partial charge in [-0.25, -0.2) is 4.68 Å². The van der Waals surface area contributed by atoms with Crippen LogP contribution in [0.15, 0.2) is 53.3 Å². The molecule has 0 atom stereocenters. The minimum atomic E-state index is -0.432. The lowest BCUT2D eigenvalue weighted by Gasteiger charge is -2.18. The molecule has 0 unspecified atom stereocenters. The Bertz CT molecular complexity index is 1150. The van der Waals surface area contributed by atoms with E-state index in [-0.39, 0.29) is 29.6 Å². The molecule has 8 heteroatoms. The highest BCUT2D eigenvalue weighted by Gasteiger charge is 2.21. The van der Waals surface area contributed by atoms with Gasteiger partial charge in [0.1, 0.15) is 5.75 Å². The maximum atomic E-state index is 13.1. The molecule has 0 fully saturated rings. The van der Waals surface area contributed by atoms with Gasteiger partial charge in [0.05, 0.1) is 19.0 Å².